The van der Waals surface area contributed by atoms with Crippen molar-refractivity contribution in [2.45, 2.75) is 32.8 Å². The standard InChI is InChI=1S/C17H20ClFN4O2/c1-17(2,3)25-16(24)23(4)10-11-6-5-7-12(8-11)21-14-13(19)9-20-15(18)22-14/h5-7,9-10H,8H2,1-4H3,(H,20,21,22). The Hall–Kier alpha value is -2.41. The van der Waals surface area contributed by atoms with Crippen LogP contribution in [0.4, 0.5) is 15.0 Å². The highest BCUT2D eigenvalue weighted by Crippen LogP contribution is 2.22. The lowest BCUT2D eigenvalue weighted by Gasteiger charge is -2.23. The Labute approximate surface area is 151 Å². The Bertz CT molecular complexity index is 754. The minimum Gasteiger partial charge on any atom is -0.443 e. The molecule has 1 aliphatic carbocycles. The number of carbonyl (C=O) groups excluding carboxylic acids is 1. The van der Waals surface area contributed by atoms with E-state index in [1.807, 2.05) is 6.08 Å². The summed E-state index contributed by atoms with van der Waals surface area (Å²) in [7, 11) is 1.62. The Morgan fingerprint density at radius 3 is 2.88 bits per heavy atom. The third-order valence-electron chi connectivity index (χ3n) is 3.04. The van der Waals surface area contributed by atoms with Crippen LogP contribution in [0.2, 0.25) is 5.28 Å². The third kappa shape index (κ3) is 5.86. The van der Waals surface area contributed by atoms with Gasteiger partial charge in [0.1, 0.15) is 5.60 Å². The molecular weight excluding hydrogens is 347 g/mol. The Morgan fingerprint density at radius 2 is 2.20 bits per heavy atom. The Balaban J connectivity index is 2.05. The molecule has 0 saturated carbocycles. The molecule has 0 aromatic carbocycles. The summed E-state index contributed by atoms with van der Waals surface area (Å²) in [5, 5.41) is 2.84. The zero-order valence-corrected chi connectivity index (χ0v) is 15.3. The van der Waals surface area contributed by atoms with Crippen molar-refractivity contribution in [3.63, 3.8) is 0 Å². The van der Waals surface area contributed by atoms with Gasteiger partial charge in [0.25, 0.3) is 0 Å². The number of aromatic nitrogens is 2. The number of carbonyl (C=O) groups is 1. The molecule has 0 spiro atoms. The first kappa shape index (κ1) is 18.9. The molecule has 0 radical (unpaired) electrons. The number of hydrogen-bond donors (Lipinski definition) is 1. The number of nitrogens with one attached hydrogen (secondary N) is 1. The second kappa shape index (κ2) is 7.65. The molecule has 1 N–H and O–H groups in total. The van der Waals surface area contributed by atoms with E-state index >= 15 is 0 Å². The number of anilines is 1. The lowest BCUT2D eigenvalue weighted by Crippen LogP contribution is -2.31. The van der Waals surface area contributed by atoms with Crippen molar-refractivity contribution in [1.29, 1.82) is 0 Å². The van der Waals surface area contributed by atoms with Crippen LogP contribution in [0.25, 0.3) is 0 Å². The van der Waals surface area contributed by atoms with Crippen LogP contribution in [0.15, 0.2) is 41.9 Å². The van der Waals surface area contributed by atoms with E-state index in [0.717, 1.165) is 11.8 Å². The molecule has 0 aliphatic heterocycles. The maximum atomic E-state index is 13.7. The zero-order chi connectivity index (χ0) is 18.6. The van der Waals surface area contributed by atoms with Crippen LogP contribution >= 0.6 is 11.6 Å². The van der Waals surface area contributed by atoms with Gasteiger partial charge in [-0.1, -0.05) is 12.2 Å². The highest BCUT2D eigenvalue weighted by atomic mass is 35.5. The van der Waals surface area contributed by atoms with E-state index in [0.29, 0.717) is 12.1 Å². The van der Waals surface area contributed by atoms with Gasteiger partial charge in [0.15, 0.2) is 11.6 Å². The molecule has 0 saturated heterocycles. The first-order valence-corrected chi connectivity index (χ1v) is 8.00. The van der Waals surface area contributed by atoms with Gasteiger partial charge in [-0.15, -0.1) is 0 Å². The quantitative estimate of drug-likeness (QED) is 0.809. The molecule has 1 amide bonds. The molecule has 0 unspecified atom stereocenters. The molecule has 1 aromatic rings. The summed E-state index contributed by atoms with van der Waals surface area (Å²) in [6.45, 7) is 5.41. The highest BCUT2D eigenvalue weighted by molar-refractivity contribution is 6.28. The van der Waals surface area contributed by atoms with Crippen LogP contribution in [0.1, 0.15) is 27.2 Å². The van der Waals surface area contributed by atoms with Crippen LogP contribution in [-0.2, 0) is 4.74 Å². The number of halogens is 2. The lowest BCUT2D eigenvalue weighted by atomic mass is 10.1. The fourth-order valence-electron chi connectivity index (χ4n) is 2.02. The van der Waals surface area contributed by atoms with Crippen molar-refractivity contribution in [1.82, 2.24) is 14.9 Å². The molecule has 1 aliphatic rings. The van der Waals surface area contributed by atoms with E-state index in [2.05, 4.69) is 15.3 Å². The monoisotopic (exact) mass is 366 g/mol. The molecule has 0 bridgehead atoms. The second-order valence-electron chi connectivity index (χ2n) is 6.48. The molecule has 0 atom stereocenters. The topological polar surface area (TPSA) is 67.3 Å². The number of nitrogens with zero attached hydrogens (tertiary/aromatic N) is 3. The number of allylic oxidation sites excluding steroid dienone is 4. The van der Waals surface area contributed by atoms with E-state index in [4.69, 9.17) is 16.3 Å². The number of hydrogen-bond acceptors (Lipinski definition) is 5. The van der Waals surface area contributed by atoms with Crippen molar-refractivity contribution in [3.05, 3.63) is 53.0 Å². The van der Waals surface area contributed by atoms with Crippen LogP contribution in [-0.4, -0.2) is 33.6 Å². The van der Waals surface area contributed by atoms with Gasteiger partial charge >= 0.3 is 6.09 Å². The fraction of sp³-hybridized carbons (Fsp3) is 0.353. The van der Waals surface area contributed by atoms with Crippen LogP contribution < -0.4 is 5.32 Å². The molecule has 25 heavy (non-hydrogen) atoms. The molecule has 134 valence electrons. The SMILES string of the molecule is CN(C=C1C=CC=C(Nc2nc(Cl)ncc2F)C1)C(=O)OC(C)(C)C. The van der Waals surface area contributed by atoms with Crippen LogP contribution in [0, 0.1) is 5.82 Å². The van der Waals surface area contributed by atoms with Gasteiger partial charge < -0.3 is 10.1 Å². The molecule has 0 fully saturated rings. The van der Waals surface area contributed by atoms with Crippen molar-refractivity contribution >= 4 is 23.5 Å². The van der Waals surface area contributed by atoms with Gasteiger partial charge in [-0.05, 0) is 44.0 Å². The molecule has 1 heterocycles. The van der Waals surface area contributed by atoms with Crippen molar-refractivity contribution < 1.29 is 13.9 Å². The predicted octanol–water partition coefficient (Wildman–Crippen LogP) is 4.28. The number of rotatable bonds is 3. The Kier molecular flexibility index (Phi) is 5.79. The van der Waals surface area contributed by atoms with Crippen molar-refractivity contribution in [3.8, 4) is 0 Å². The molecule has 2 rings (SSSR count). The summed E-state index contributed by atoms with van der Waals surface area (Å²) in [5.41, 5.74) is 0.988. The third-order valence-corrected chi connectivity index (χ3v) is 3.22. The summed E-state index contributed by atoms with van der Waals surface area (Å²) < 4.78 is 19.0. The van der Waals surface area contributed by atoms with Gasteiger partial charge in [-0.25, -0.2) is 14.2 Å². The van der Waals surface area contributed by atoms with Gasteiger partial charge in [-0.3, -0.25) is 4.90 Å². The average Bonchev–Trinajstić information content (AvgIpc) is 2.49. The van der Waals surface area contributed by atoms with Gasteiger partial charge in [-0.2, -0.15) is 4.98 Å². The van der Waals surface area contributed by atoms with Crippen LogP contribution in [0.5, 0.6) is 0 Å². The van der Waals surface area contributed by atoms with Gasteiger partial charge in [0, 0.05) is 25.4 Å². The van der Waals surface area contributed by atoms with E-state index in [1.54, 1.807) is 46.2 Å². The van der Waals surface area contributed by atoms with Crippen molar-refractivity contribution in [2.75, 3.05) is 12.4 Å². The first-order valence-electron chi connectivity index (χ1n) is 7.63. The van der Waals surface area contributed by atoms with Crippen molar-refractivity contribution in [2.24, 2.45) is 0 Å². The van der Waals surface area contributed by atoms with Crippen LogP contribution in [0.3, 0.4) is 0 Å². The van der Waals surface area contributed by atoms with Gasteiger partial charge in [0.05, 0.1) is 6.20 Å². The van der Waals surface area contributed by atoms with Gasteiger partial charge in [0.2, 0.25) is 5.28 Å². The molecule has 8 heteroatoms. The minimum atomic E-state index is -0.601. The lowest BCUT2D eigenvalue weighted by molar-refractivity contribution is 0.0371. The highest BCUT2D eigenvalue weighted by Gasteiger charge is 2.19. The largest absolute Gasteiger partial charge is 0.443 e. The molecule has 6 nitrogen and oxygen atoms in total. The number of ether oxygens (including phenoxy) is 1. The summed E-state index contributed by atoms with van der Waals surface area (Å²) in [6.07, 6.45) is 8.12. The van der Waals surface area contributed by atoms with E-state index < -0.39 is 17.5 Å². The smallest absolute Gasteiger partial charge is 0.414 e. The summed E-state index contributed by atoms with van der Waals surface area (Å²) >= 11 is 5.69. The minimum absolute atomic E-state index is 0.00129. The fourth-order valence-corrected chi connectivity index (χ4v) is 2.15. The summed E-state index contributed by atoms with van der Waals surface area (Å²) in [6, 6.07) is 0. The predicted molar refractivity (Wildman–Crippen MR) is 94.5 cm³/mol. The Morgan fingerprint density at radius 1 is 1.48 bits per heavy atom. The van der Waals surface area contributed by atoms with E-state index in [9.17, 15) is 9.18 Å². The summed E-state index contributed by atoms with van der Waals surface area (Å²) in [5.74, 6) is -0.599. The van der Waals surface area contributed by atoms with E-state index in [-0.39, 0.29) is 11.1 Å². The first-order chi connectivity index (χ1) is 11.6. The van der Waals surface area contributed by atoms with E-state index in [1.165, 1.54) is 4.90 Å². The normalized spacial score (nSPS) is 15.8. The maximum Gasteiger partial charge on any atom is 0.414 e. The second-order valence-corrected chi connectivity index (χ2v) is 6.82. The molecular formula is C17H20ClFN4O2. The molecule has 1 aromatic heterocycles. The average molecular weight is 367 g/mol. The summed E-state index contributed by atoms with van der Waals surface area (Å²) in [4.78, 5) is 20.8. The zero-order valence-electron chi connectivity index (χ0n) is 14.5. The maximum absolute atomic E-state index is 13.7. The number of amides is 1.